The van der Waals surface area contributed by atoms with Gasteiger partial charge in [-0.1, -0.05) is 25.1 Å². The van der Waals surface area contributed by atoms with Crippen LogP contribution in [0.5, 0.6) is 0 Å². The number of hydrogen-bond donors (Lipinski definition) is 1. The van der Waals surface area contributed by atoms with Gasteiger partial charge >= 0.3 is 0 Å². The van der Waals surface area contributed by atoms with E-state index in [0.717, 1.165) is 48.1 Å². The molecule has 0 bridgehead atoms. The number of aromatic amines is 1. The second-order valence-electron chi connectivity index (χ2n) is 10.3. The number of ether oxygens (including phenoxy) is 1. The highest BCUT2D eigenvalue weighted by Gasteiger charge is 2.36. The van der Waals surface area contributed by atoms with Crippen LogP contribution in [0.3, 0.4) is 0 Å². The normalized spacial score (nSPS) is 17.3. The van der Waals surface area contributed by atoms with Gasteiger partial charge in [0.1, 0.15) is 11.8 Å². The van der Waals surface area contributed by atoms with E-state index in [0.29, 0.717) is 24.5 Å². The van der Waals surface area contributed by atoms with Gasteiger partial charge in [-0.15, -0.1) is 5.10 Å². The van der Waals surface area contributed by atoms with Crippen LogP contribution in [-0.4, -0.2) is 49.3 Å². The summed E-state index contributed by atoms with van der Waals surface area (Å²) in [7, 11) is 0. The Hall–Kier alpha value is -3.30. The quantitative estimate of drug-likeness (QED) is 0.372. The average Bonchev–Trinajstić information content (AvgIpc) is 3.64. The third-order valence-electron chi connectivity index (χ3n) is 7.35. The minimum atomic E-state index is -0.506. The van der Waals surface area contributed by atoms with Gasteiger partial charge in [-0.25, -0.2) is 4.68 Å². The second-order valence-corrected chi connectivity index (χ2v) is 10.3. The largest absolute Gasteiger partial charge is 0.468 e. The van der Waals surface area contributed by atoms with E-state index < -0.39 is 6.04 Å². The van der Waals surface area contributed by atoms with Gasteiger partial charge in [0, 0.05) is 18.7 Å². The Kier molecular flexibility index (Phi) is 6.77. The molecule has 0 unspecified atom stereocenters. The molecule has 3 aromatic heterocycles. The molecule has 36 heavy (non-hydrogen) atoms. The molecule has 4 heterocycles. The average molecular weight is 491 g/mol. The van der Waals surface area contributed by atoms with Gasteiger partial charge in [0.15, 0.2) is 5.82 Å². The predicted octanol–water partition coefficient (Wildman–Crippen LogP) is 4.33. The van der Waals surface area contributed by atoms with Crippen molar-refractivity contribution in [2.24, 2.45) is 0 Å². The summed E-state index contributed by atoms with van der Waals surface area (Å²) in [4.78, 5) is 19.0. The first-order valence-corrected chi connectivity index (χ1v) is 12.7. The lowest BCUT2D eigenvalue weighted by Crippen LogP contribution is -2.41. The molecule has 9 heteroatoms. The number of aryl methyl sites for hydroxylation is 1. The predicted molar refractivity (Wildman–Crippen MR) is 137 cm³/mol. The summed E-state index contributed by atoms with van der Waals surface area (Å²) in [5, 5.41) is 13.9. The first kappa shape index (κ1) is 24.4. The van der Waals surface area contributed by atoms with E-state index in [-0.39, 0.29) is 17.2 Å². The number of benzene rings is 1. The molecular weight excluding hydrogens is 456 g/mol. The number of tetrazole rings is 1. The van der Waals surface area contributed by atoms with Crippen molar-refractivity contribution in [3.63, 3.8) is 0 Å². The maximum absolute atomic E-state index is 13.7. The molecule has 0 aliphatic carbocycles. The zero-order chi connectivity index (χ0) is 25.3. The first-order valence-electron chi connectivity index (χ1n) is 12.7. The fourth-order valence-corrected chi connectivity index (χ4v) is 4.96. The number of nitrogens with zero attached hydrogens (tertiary/aromatic N) is 5. The van der Waals surface area contributed by atoms with Crippen LogP contribution >= 0.6 is 0 Å². The SMILES string of the molecule is CCC(C)(C)n1nnnc1[C@H](c1cc2cccc(C)c2[nH]c1=O)N(Cc1ccco1)C[C@@H]1CCCO1. The number of para-hydroxylation sites is 1. The Morgan fingerprint density at radius 3 is 2.86 bits per heavy atom. The van der Waals surface area contributed by atoms with Crippen molar-refractivity contribution in [2.45, 2.75) is 71.2 Å². The Bertz CT molecular complexity index is 1370. The Morgan fingerprint density at radius 2 is 2.14 bits per heavy atom. The highest BCUT2D eigenvalue weighted by molar-refractivity contribution is 5.82. The third kappa shape index (κ3) is 4.73. The molecule has 9 nitrogen and oxygen atoms in total. The van der Waals surface area contributed by atoms with Crippen molar-refractivity contribution in [1.29, 1.82) is 0 Å². The van der Waals surface area contributed by atoms with E-state index in [1.165, 1.54) is 0 Å². The van der Waals surface area contributed by atoms with Crippen LogP contribution in [0.2, 0.25) is 0 Å². The van der Waals surface area contributed by atoms with Gasteiger partial charge in [-0.05, 0) is 79.6 Å². The zero-order valence-electron chi connectivity index (χ0n) is 21.4. The minimum Gasteiger partial charge on any atom is -0.468 e. The number of nitrogens with one attached hydrogen (secondary N) is 1. The molecule has 0 radical (unpaired) electrons. The molecule has 1 saturated heterocycles. The summed E-state index contributed by atoms with van der Waals surface area (Å²) in [5.74, 6) is 1.43. The number of H-pyrrole nitrogens is 1. The molecule has 1 fully saturated rings. The summed E-state index contributed by atoms with van der Waals surface area (Å²) >= 11 is 0. The second kappa shape index (κ2) is 9.99. The molecule has 4 aromatic rings. The Balaban J connectivity index is 1.70. The Morgan fingerprint density at radius 1 is 1.28 bits per heavy atom. The van der Waals surface area contributed by atoms with Crippen LogP contribution in [0.15, 0.2) is 51.9 Å². The van der Waals surface area contributed by atoms with Crippen LogP contribution in [-0.2, 0) is 16.8 Å². The number of hydrogen-bond acceptors (Lipinski definition) is 7. The molecule has 1 aliphatic rings. The Labute approximate surface area is 210 Å². The van der Waals surface area contributed by atoms with E-state index >= 15 is 0 Å². The van der Waals surface area contributed by atoms with E-state index in [2.05, 4.69) is 46.2 Å². The van der Waals surface area contributed by atoms with Crippen LogP contribution in [0.4, 0.5) is 0 Å². The van der Waals surface area contributed by atoms with Gasteiger partial charge in [-0.3, -0.25) is 9.69 Å². The fraction of sp³-hybridized carbons (Fsp3) is 0.481. The van der Waals surface area contributed by atoms with Crippen LogP contribution < -0.4 is 5.56 Å². The highest BCUT2D eigenvalue weighted by atomic mass is 16.5. The number of aromatic nitrogens is 5. The molecule has 0 spiro atoms. The summed E-state index contributed by atoms with van der Waals surface area (Å²) in [6.45, 7) is 10.2. The number of furan rings is 1. The van der Waals surface area contributed by atoms with Crippen LogP contribution in [0.25, 0.3) is 10.9 Å². The molecule has 0 amide bonds. The first-order chi connectivity index (χ1) is 17.4. The third-order valence-corrected chi connectivity index (χ3v) is 7.35. The highest BCUT2D eigenvalue weighted by Crippen LogP contribution is 2.33. The molecule has 0 saturated carbocycles. The smallest absolute Gasteiger partial charge is 0.253 e. The molecule has 190 valence electrons. The summed E-state index contributed by atoms with van der Waals surface area (Å²) in [5.41, 5.74) is 1.98. The molecular formula is C27H34N6O3. The van der Waals surface area contributed by atoms with Crippen molar-refractivity contribution < 1.29 is 9.15 Å². The molecule has 1 N–H and O–H groups in total. The molecule has 1 aliphatic heterocycles. The van der Waals surface area contributed by atoms with Gasteiger partial charge < -0.3 is 14.1 Å². The zero-order valence-corrected chi connectivity index (χ0v) is 21.4. The van der Waals surface area contributed by atoms with Gasteiger partial charge in [0.05, 0.1) is 30.0 Å². The monoisotopic (exact) mass is 490 g/mol. The summed E-state index contributed by atoms with van der Waals surface area (Å²) in [6, 6.07) is 11.3. The van der Waals surface area contributed by atoms with E-state index in [1.807, 2.05) is 48.0 Å². The molecule has 1 aromatic carbocycles. The lowest BCUT2D eigenvalue weighted by molar-refractivity contribution is 0.0534. The van der Waals surface area contributed by atoms with E-state index in [9.17, 15) is 4.79 Å². The lowest BCUT2D eigenvalue weighted by Gasteiger charge is -2.34. The summed E-state index contributed by atoms with van der Waals surface area (Å²) < 4.78 is 13.6. The standard InChI is InChI=1S/C27H34N6O3/c1-5-27(3,4)33-25(29-30-31-33)24(22-15-19-10-6-9-18(2)23(19)28-26(22)34)32(16-20-11-7-13-35-20)17-21-12-8-14-36-21/h6-7,9-11,13,15,21,24H,5,8,12,14,16-17H2,1-4H3,(H,28,34)/t21-,24-/m0/s1. The maximum Gasteiger partial charge on any atom is 0.253 e. The van der Waals surface area contributed by atoms with E-state index in [4.69, 9.17) is 9.15 Å². The minimum absolute atomic E-state index is 0.0627. The number of fused-ring (bicyclic) bond motifs is 1. The maximum atomic E-state index is 13.7. The topological polar surface area (TPSA) is 102 Å². The lowest BCUT2D eigenvalue weighted by atomic mass is 9.98. The fourth-order valence-electron chi connectivity index (χ4n) is 4.96. The van der Waals surface area contributed by atoms with Gasteiger partial charge in [0.25, 0.3) is 5.56 Å². The number of rotatable bonds is 9. The van der Waals surface area contributed by atoms with Gasteiger partial charge in [0.2, 0.25) is 0 Å². The summed E-state index contributed by atoms with van der Waals surface area (Å²) in [6.07, 6.45) is 4.56. The van der Waals surface area contributed by atoms with Crippen molar-refractivity contribution >= 4 is 10.9 Å². The van der Waals surface area contributed by atoms with Crippen LogP contribution in [0, 0.1) is 6.92 Å². The van der Waals surface area contributed by atoms with Crippen LogP contribution in [0.1, 0.15) is 68.8 Å². The van der Waals surface area contributed by atoms with Crippen molar-refractivity contribution in [3.8, 4) is 0 Å². The van der Waals surface area contributed by atoms with Crippen molar-refractivity contribution in [1.82, 2.24) is 30.1 Å². The van der Waals surface area contributed by atoms with E-state index in [1.54, 1.807) is 6.26 Å². The molecule has 2 atom stereocenters. The van der Waals surface area contributed by atoms with Gasteiger partial charge in [-0.2, -0.15) is 0 Å². The number of pyridine rings is 1. The van der Waals surface area contributed by atoms with Crippen molar-refractivity contribution in [2.75, 3.05) is 13.2 Å². The van der Waals surface area contributed by atoms with Crippen molar-refractivity contribution in [3.05, 3.63) is 75.7 Å². The molecule has 5 rings (SSSR count).